The second-order valence-corrected chi connectivity index (χ2v) is 4.04. The molecule has 0 aliphatic carbocycles. The summed E-state index contributed by atoms with van der Waals surface area (Å²) >= 11 is 0. The molecule has 1 fully saturated rings. The molecule has 6 nitrogen and oxygen atoms in total. The Kier molecular flexibility index (Phi) is 4.40. The summed E-state index contributed by atoms with van der Waals surface area (Å²) in [4.78, 5) is 10.1. The van der Waals surface area contributed by atoms with E-state index in [2.05, 4.69) is 6.58 Å². The van der Waals surface area contributed by atoms with E-state index in [0.29, 0.717) is 6.61 Å². The summed E-state index contributed by atoms with van der Waals surface area (Å²) in [5, 5.41) is 10.5. The fourth-order valence-electron chi connectivity index (χ4n) is 1.51. The number of hydrogen-bond acceptors (Lipinski definition) is 5. The van der Waals surface area contributed by atoms with Gasteiger partial charge in [-0.05, 0) is 13.8 Å². The topological polar surface area (TPSA) is 70.8 Å². The van der Waals surface area contributed by atoms with Gasteiger partial charge < -0.3 is 14.2 Å². The molecule has 1 aliphatic rings. The molecule has 0 bridgehead atoms. The second-order valence-electron chi connectivity index (χ2n) is 4.04. The van der Waals surface area contributed by atoms with Gasteiger partial charge in [0.25, 0.3) is 0 Å². The van der Waals surface area contributed by atoms with Gasteiger partial charge in [-0.25, -0.2) is 0 Å². The lowest BCUT2D eigenvalue weighted by atomic mass is 10.2. The number of nitro groups is 1. The van der Waals surface area contributed by atoms with Gasteiger partial charge in [0.1, 0.15) is 6.10 Å². The Morgan fingerprint density at radius 3 is 2.88 bits per heavy atom. The molecule has 0 aromatic carbocycles. The quantitative estimate of drug-likeness (QED) is 0.387. The van der Waals surface area contributed by atoms with Crippen molar-refractivity contribution in [2.45, 2.75) is 31.8 Å². The molecule has 0 aromatic rings. The zero-order valence-corrected chi connectivity index (χ0v) is 9.55. The maximum atomic E-state index is 10.5. The van der Waals surface area contributed by atoms with E-state index < -0.39 is 22.9 Å². The van der Waals surface area contributed by atoms with Crippen molar-refractivity contribution in [3.05, 3.63) is 22.8 Å². The SMILES string of the molecule is C=CCO[C@H](C[N+](=O)[O-])[C@@H]1COC(C)(C)O1. The molecule has 1 saturated heterocycles. The number of ether oxygens (including phenoxy) is 3. The summed E-state index contributed by atoms with van der Waals surface area (Å²) in [5.74, 6) is -0.697. The van der Waals surface area contributed by atoms with Gasteiger partial charge in [-0.3, -0.25) is 10.1 Å². The molecule has 1 heterocycles. The lowest BCUT2D eigenvalue weighted by Crippen LogP contribution is -2.38. The van der Waals surface area contributed by atoms with E-state index in [4.69, 9.17) is 14.2 Å². The van der Waals surface area contributed by atoms with Gasteiger partial charge in [-0.1, -0.05) is 6.08 Å². The van der Waals surface area contributed by atoms with Gasteiger partial charge in [-0.15, -0.1) is 6.58 Å². The summed E-state index contributed by atoms with van der Waals surface area (Å²) in [6, 6.07) is 0. The highest BCUT2D eigenvalue weighted by Gasteiger charge is 2.39. The van der Waals surface area contributed by atoms with Crippen LogP contribution in [0, 0.1) is 10.1 Å². The molecular formula is C10H17NO5. The van der Waals surface area contributed by atoms with E-state index in [-0.39, 0.29) is 13.2 Å². The molecular weight excluding hydrogens is 214 g/mol. The minimum atomic E-state index is -0.697. The first-order chi connectivity index (χ1) is 7.44. The third kappa shape index (κ3) is 3.88. The van der Waals surface area contributed by atoms with Crippen LogP contribution in [0.1, 0.15) is 13.8 Å². The minimum Gasteiger partial charge on any atom is -0.364 e. The van der Waals surface area contributed by atoms with Gasteiger partial charge in [0.05, 0.1) is 13.2 Å². The van der Waals surface area contributed by atoms with Crippen LogP contribution in [0.2, 0.25) is 0 Å². The molecule has 0 N–H and O–H groups in total. The van der Waals surface area contributed by atoms with Crippen molar-refractivity contribution in [3.63, 3.8) is 0 Å². The third-order valence-corrected chi connectivity index (χ3v) is 2.20. The van der Waals surface area contributed by atoms with Crippen molar-refractivity contribution in [2.24, 2.45) is 0 Å². The molecule has 16 heavy (non-hydrogen) atoms. The predicted octanol–water partition coefficient (Wildman–Crippen LogP) is 0.986. The van der Waals surface area contributed by atoms with Crippen molar-refractivity contribution >= 4 is 0 Å². The summed E-state index contributed by atoms with van der Waals surface area (Å²) in [7, 11) is 0. The largest absolute Gasteiger partial charge is 0.364 e. The summed E-state index contributed by atoms with van der Waals surface area (Å²) in [6.45, 7) is 7.31. The molecule has 0 spiro atoms. The molecule has 92 valence electrons. The molecule has 1 rings (SSSR count). The summed E-state index contributed by atoms with van der Waals surface area (Å²) < 4.78 is 16.2. The zero-order chi connectivity index (χ0) is 12.2. The van der Waals surface area contributed by atoms with Crippen molar-refractivity contribution in [2.75, 3.05) is 19.8 Å². The van der Waals surface area contributed by atoms with Crippen molar-refractivity contribution < 1.29 is 19.1 Å². The Hall–Kier alpha value is -0.980. The molecule has 2 atom stereocenters. The lowest BCUT2D eigenvalue weighted by molar-refractivity contribution is -0.494. The zero-order valence-electron chi connectivity index (χ0n) is 9.55. The molecule has 0 saturated carbocycles. The molecule has 0 radical (unpaired) electrons. The Morgan fingerprint density at radius 2 is 2.44 bits per heavy atom. The first-order valence-corrected chi connectivity index (χ1v) is 5.10. The van der Waals surface area contributed by atoms with Crippen LogP contribution < -0.4 is 0 Å². The molecule has 6 heteroatoms. The fourth-order valence-corrected chi connectivity index (χ4v) is 1.51. The smallest absolute Gasteiger partial charge is 0.232 e. The van der Waals surface area contributed by atoms with Crippen LogP contribution in [-0.4, -0.2) is 42.7 Å². The van der Waals surface area contributed by atoms with E-state index in [0.717, 1.165) is 0 Å². The third-order valence-electron chi connectivity index (χ3n) is 2.20. The van der Waals surface area contributed by atoms with E-state index >= 15 is 0 Å². The van der Waals surface area contributed by atoms with Crippen LogP contribution in [0.25, 0.3) is 0 Å². The monoisotopic (exact) mass is 231 g/mol. The van der Waals surface area contributed by atoms with Gasteiger partial charge in [0.15, 0.2) is 11.9 Å². The van der Waals surface area contributed by atoms with Crippen LogP contribution in [0.4, 0.5) is 0 Å². The first-order valence-electron chi connectivity index (χ1n) is 5.10. The second kappa shape index (κ2) is 5.38. The summed E-state index contributed by atoms with van der Waals surface area (Å²) in [6.07, 6.45) is 0.545. The average Bonchev–Trinajstić information content (AvgIpc) is 2.52. The number of rotatable bonds is 6. The van der Waals surface area contributed by atoms with Crippen LogP contribution in [-0.2, 0) is 14.2 Å². The van der Waals surface area contributed by atoms with E-state index in [1.54, 1.807) is 19.9 Å². The van der Waals surface area contributed by atoms with Crippen LogP contribution in [0.3, 0.4) is 0 Å². The molecule has 0 aromatic heterocycles. The Balaban J connectivity index is 2.54. The number of nitrogens with zero attached hydrogens (tertiary/aromatic N) is 1. The van der Waals surface area contributed by atoms with Crippen molar-refractivity contribution in [3.8, 4) is 0 Å². The van der Waals surface area contributed by atoms with Crippen LogP contribution in [0.5, 0.6) is 0 Å². The molecule has 0 amide bonds. The van der Waals surface area contributed by atoms with E-state index in [1.165, 1.54) is 0 Å². The van der Waals surface area contributed by atoms with Gasteiger partial charge in [0.2, 0.25) is 6.54 Å². The maximum Gasteiger partial charge on any atom is 0.232 e. The molecule has 0 unspecified atom stereocenters. The maximum absolute atomic E-state index is 10.5. The highest BCUT2D eigenvalue weighted by atomic mass is 16.7. The normalized spacial score (nSPS) is 25.2. The standard InChI is InChI=1S/C10H17NO5/c1-4-5-14-8(6-11(12)13)9-7-15-10(2,3)16-9/h4,8-9H,1,5-7H2,2-3H3/t8-,9+/m1/s1. The molecule has 1 aliphatic heterocycles. The summed E-state index contributed by atoms with van der Waals surface area (Å²) in [5.41, 5.74) is 0. The van der Waals surface area contributed by atoms with E-state index in [1.807, 2.05) is 0 Å². The van der Waals surface area contributed by atoms with Crippen molar-refractivity contribution in [1.29, 1.82) is 0 Å². The fraction of sp³-hybridized carbons (Fsp3) is 0.800. The van der Waals surface area contributed by atoms with Crippen molar-refractivity contribution in [1.82, 2.24) is 0 Å². The highest BCUT2D eigenvalue weighted by molar-refractivity contribution is 4.79. The van der Waals surface area contributed by atoms with Gasteiger partial charge >= 0.3 is 0 Å². The first kappa shape index (κ1) is 13.1. The van der Waals surface area contributed by atoms with Gasteiger partial charge in [-0.2, -0.15) is 0 Å². The van der Waals surface area contributed by atoms with Crippen LogP contribution in [0.15, 0.2) is 12.7 Å². The highest BCUT2D eigenvalue weighted by Crippen LogP contribution is 2.25. The predicted molar refractivity (Wildman–Crippen MR) is 56.7 cm³/mol. The Bertz CT molecular complexity index is 266. The van der Waals surface area contributed by atoms with Gasteiger partial charge in [0, 0.05) is 4.92 Å². The average molecular weight is 231 g/mol. The Labute approximate surface area is 94.3 Å². The minimum absolute atomic E-state index is 0.263. The lowest BCUT2D eigenvalue weighted by Gasteiger charge is -2.21. The number of hydrogen-bond donors (Lipinski definition) is 0. The van der Waals surface area contributed by atoms with Crippen LogP contribution >= 0.6 is 0 Å². The van der Waals surface area contributed by atoms with E-state index in [9.17, 15) is 10.1 Å². The Morgan fingerprint density at radius 1 is 1.75 bits per heavy atom.